The summed E-state index contributed by atoms with van der Waals surface area (Å²) in [5.41, 5.74) is 0.155. The molecule has 1 heterocycles. The first kappa shape index (κ1) is 9.96. The lowest BCUT2D eigenvalue weighted by Gasteiger charge is -2.37. The van der Waals surface area contributed by atoms with Crippen molar-refractivity contribution in [3.8, 4) is 0 Å². The third-order valence-corrected chi connectivity index (χ3v) is 2.59. The lowest BCUT2D eigenvalue weighted by Crippen LogP contribution is -2.49. The van der Waals surface area contributed by atoms with Gasteiger partial charge in [-0.1, -0.05) is 6.92 Å². The Labute approximate surface area is 74.1 Å². The zero-order chi connectivity index (χ0) is 8.86. The number of hydrogen-bond acceptors (Lipinski definition) is 3. The fourth-order valence-electron chi connectivity index (χ4n) is 1.87. The van der Waals surface area contributed by atoms with Gasteiger partial charge in [-0.15, -0.1) is 0 Å². The minimum atomic E-state index is 0.155. The van der Waals surface area contributed by atoms with Crippen molar-refractivity contribution >= 4 is 0 Å². The molecular formula is C9H19NO2. The minimum Gasteiger partial charge on any atom is -0.396 e. The Morgan fingerprint density at radius 1 is 1.42 bits per heavy atom. The van der Waals surface area contributed by atoms with Gasteiger partial charge in [-0.3, -0.25) is 0 Å². The molecular weight excluding hydrogens is 154 g/mol. The predicted octanol–water partition coefficient (Wildman–Crippen LogP) is 0.527. The van der Waals surface area contributed by atoms with E-state index in [0.29, 0.717) is 0 Å². The van der Waals surface area contributed by atoms with E-state index in [4.69, 9.17) is 9.84 Å². The Bertz CT molecular complexity index is 106. The molecule has 0 spiro atoms. The van der Waals surface area contributed by atoms with Crippen LogP contribution < -0.4 is 5.32 Å². The second kappa shape index (κ2) is 4.80. The first-order valence-electron chi connectivity index (χ1n) is 4.76. The van der Waals surface area contributed by atoms with Crippen LogP contribution in [-0.4, -0.2) is 37.0 Å². The summed E-state index contributed by atoms with van der Waals surface area (Å²) in [6.07, 6.45) is 2.91. The van der Waals surface area contributed by atoms with Crippen molar-refractivity contribution in [3.05, 3.63) is 0 Å². The average molecular weight is 173 g/mol. The molecule has 3 nitrogen and oxygen atoms in total. The SMILES string of the molecule is CCNC1(CCO)CCOCC1. The number of rotatable bonds is 4. The molecule has 0 aromatic carbocycles. The van der Waals surface area contributed by atoms with Crippen LogP contribution >= 0.6 is 0 Å². The molecule has 0 aliphatic carbocycles. The van der Waals surface area contributed by atoms with Gasteiger partial charge in [0.1, 0.15) is 0 Å². The third kappa shape index (κ3) is 2.44. The fourth-order valence-corrected chi connectivity index (χ4v) is 1.87. The van der Waals surface area contributed by atoms with Crippen LogP contribution in [0, 0.1) is 0 Å². The largest absolute Gasteiger partial charge is 0.396 e. The van der Waals surface area contributed by atoms with Crippen LogP contribution in [0.5, 0.6) is 0 Å². The van der Waals surface area contributed by atoms with Gasteiger partial charge in [0.25, 0.3) is 0 Å². The number of ether oxygens (including phenoxy) is 1. The Kier molecular flexibility index (Phi) is 3.98. The zero-order valence-electron chi connectivity index (χ0n) is 7.81. The van der Waals surface area contributed by atoms with Gasteiger partial charge >= 0.3 is 0 Å². The van der Waals surface area contributed by atoms with Crippen LogP contribution in [0.4, 0.5) is 0 Å². The van der Waals surface area contributed by atoms with E-state index in [1.807, 2.05) is 0 Å². The highest BCUT2D eigenvalue weighted by Gasteiger charge is 2.30. The van der Waals surface area contributed by atoms with Crippen molar-refractivity contribution in [2.45, 2.75) is 31.7 Å². The van der Waals surface area contributed by atoms with Gasteiger partial charge in [-0.2, -0.15) is 0 Å². The lowest BCUT2D eigenvalue weighted by atomic mass is 9.87. The highest BCUT2D eigenvalue weighted by Crippen LogP contribution is 2.23. The molecule has 1 aliphatic rings. The first-order chi connectivity index (χ1) is 5.83. The molecule has 0 unspecified atom stereocenters. The first-order valence-corrected chi connectivity index (χ1v) is 4.76. The fraction of sp³-hybridized carbons (Fsp3) is 1.00. The van der Waals surface area contributed by atoms with Gasteiger partial charge < -0.3 is 15.2 Å². The normalized spacial score (nSPS) is 22.5. The molecule has 12 heavy (non-hydrogen) atoms. The maximum atomic E-state index is 8.93. The molecule has 72 valence electrons. The third-order valence-electron chi connectivity index (χ3n) is 2.59. The monoisotopic (exact) mass is 173 g/mol. The van der Waals surface area contributed by atoms with E-state index in [-0.39, 0.29) is 12.1 Å². The van der Waals surface area contributed by atoms with Gasteiger partial charge in [-0.05, 0) is 25.8 Å². The van der Waals surface area contributed by atoms with Crippen molar-refractivity contribution < 1.29 is 9.84 Å². The highest BCUT2D eigenvalue weighted by atomic mass is 16.5. The van der Waals surface area contributed by atoms with Crippen LogP contribution in [0.15, 0.2) is 0 Å². The second-order valence-corrected chi connectivity index (χ2v) is 3.40. The minimum absolute atomic E-state index is 0.155. The molecule has 0 atom stereocenters. The van der Waals surface area contributed by atoms with Crippen molar-refractivity contribution in [2.24, 2.45) is 0 Å². The van der Waals surface area contributed by atoms with Crippen LogP contribution in [0.2, 0.25) is 0 Å². The van der Waals surface area contributed by atoms with E-state index in [2.05, 4.69) is 12.2 Å². The smallest absolute Gasteiger partial charge is 0.0483 e. The quantitative estimate of drug-likeness (QED) is 0.651. The summed E-state index contributed by atoms with van der Waals surface area (Å²) in [6, 6.07) is 0. The summed E-state index contributed by atoms with van der Waals surface area (Å²) in [6.45, 7) is 5.00. The molecule has 1 aliphatic heterocycles. The lowest BCUT2D eigenvalue weighted by molar-refractivity contribution is 0.0284. The summed E-state index contributed by atoms with van der Waals surface area (Å²) in [5.74, 6) is 0. The Balaban J connectivity index is 2.44. The van der Waals surface area contributed by atoms with Gasteiger partial charge in [-0.25, -0.2) is 0 Å². The molecule has 0 aromatic rings. The van der Waals surface area contributed by atoms with Crippen molar-refractivity contribution in [1.29, 1.82) is 0 Å². The van der Waals surface area contributed by atoms with Crippen molar-refractivity contribution in [3.63, 3.8) is 0 Å². The van der Waals surface area contributed by atoms with Crippen LogP contribution in [0.3, 0.4) is 0 Å². The van der Waals surface area contributed by atoms with Crippen LogP contribution in [0.25, 0.3) is 0 Å². The number of aliphatic hydroxyl groups excluding tert-OH is 1. The van der Waals surface area contributed by atoms with Crippen LogP contribution in [-0.2, 0) is 4.74 Å². The van der Waals surface area contributed by atoms with Gasteiger partial charge in [0, 0.05) is 25.4 Å². The van der Waals surface area contributed by atoms with E-state index < -0.39 is 0 Å². The summed E-state index contributed by atoms with van der Waals surface area (Å²) in [7, 11) is 0. The second-order valence-electron chi connectivity index (χ2n) is 3.40. The standard InChI is InChI=1S/C9H19NO2/c1-2-10-9(3-6-11)4-7-12-8-5-9/h10-11H,2-8H2,1H3. The van der Waals surface area contributed by atoms with E-state index in [1.54, 1.807) is 0 Å². The van der Waals surface area contributed by atoms with Crippen molar-refractivity contribution in [2.75, 3.05) is 26.4 Å². The number of nitrogens with one attached hydrogen (secondary N) is 1. The molecule has 1 saturated heterocycles. The summed E-state index contributed by atoms with van der Waals surface area (Å²) >= 11 is 0. The van der Waals surface area contributed by atoms with Gasteiger partial charge in [0.05, 0.1) is 0 Å². The molecule has 3 heteroatoms. The molecule has 0 aromatic heterocycles. The topological polar surface area (TPSA) is 41.5 Å². The van der Waals surface area contributed by atoms with E-state index in [9.17, 15) is 0 Å². The molecule has 1 rings (SSSR count). The molecule has 1 fully saturated rings. The number of hydrogen-bond donors (Lipinski definition) is 2. The van der Waals surface area contributed by atoms with Gasteiger partial charge in [0.2, 0.25) is 0 Å². The van der Waals surface area contributed by atoms with E-state index >= 15 is 0 Å². The predicted molar refractivity (Wildman–Crippen MR) is 48.2 cm³/mol. The summed E-state index contributed by atoms with van der Waals surface area (Å²) < 4.78 is 5.30. The molecule has 0 bridgehead atoms. The Morgan fingerprint density at radius 2 is 2.08 bits per heavy atom. The van der Waals surface area contributed by atoms with E-state index in [1.165, 1.54) is 0 Å². The molecule has 2 N–H and O–H groups in total. The van der Waals surface area contributed by atoms with Gasteiger partial charge in [0.15, 0.2) is 0 Å². The van der Waals surface area contributed by atoms with Crippen LogP contribution in [0.1, 0.15) is 26.2 Å². The van der Waals surface area contributed by atoms with E-state index in [0.717, 1.165) is 39.0 Å². The summed E-state index contributed by atoms with van der Waals surface area (Å²) in [4.78, 5) is 0. The highest BCUT2D eigenvalue weighted by molar-refractivity contribution is 4.89. The Hall–Kier alpha value is -0.120. The van der Waals surface area contributed by atoms with Crippen molar-refractivity contribution in [1.82, 2.24) is 5.32 Å². The molecule has 0 radical (unpaired) electrons. The maximum Gasteiger partial charge on any atom is 0.0483 e. The molecule has 0 amide bonds. The zero-order valence-corrected chi connectivity index (χ0v) is 7.81. The average Bonchev–Trinajstić information content (AvgIpc) is 2.07. The Morgan fingerprint density at radius 3 is 2.58 bits per heavy atom. The number of aliphatic hydroxyl groups is 1. The maximum absolute atomic E-state index is 8.93. The molecule has 0 saturated carbocycles. The summed E-state index contributed by atoms with van der Waals surface area (Å²) in [5, 5.41) is 12.4.